The molecule has 1 aliphatic carbocycles. The van der Waals surface area contributed by atoms with Crippen LogP contribution >= 0.6 is 0 Å². The summed E-state index contributed by atoms with van der Waals surface area (Å²) in [6, 6.07) is 4.33. The first-order chi connectivity index (χ1) is 13.1. The third-order valence-electron chi connectivity index (χ3n) is 5.43. The molecule has 3 heterocycles. The highest BCUT2D eigenvalue weighted by atomic mass is 16.5. The van der Waals surface area contributed by atoms with Gasteiger partial charge in [-0.25, -0.2) is 4.98 Å². The number of H-pyrrole nitrogens is 1. The van der Waals surface area contributed by atoms with Crippen molar-refractivity contribution in [1.29, 1.82) is 0 Å². The Morgan fingerprint density at radius 2 is 1.78 bits per heavy atom. The zero-order chi connectivity index (χ0) is 18.7. The van der Waals surface area contributed by atoms with Gasteiger partial charge in [0.25, 0.3) is 0 Å². The first kappa shape index (κ1) is 16.3. The Hall–Kier alpha value is -2.89. The van der Waals surface area contributed by atoms with E-state index >= 15 is 0 Å². The summed E-state index contributed by atoms with van der Waals surface area (Å²) in [5.74, 6) is 3.27. The van der Waals surface area contributed by atoms with Crippen LogP contribution in [0.4, 0.5) is 0 Å². The third kappa shape index (κ3) is 2.51. The van der Waals surface area contributed by atoms with Gasteiger partial charge in [-0.3, -0.25) is 0 Å². The SMILES string of the molecule is CCc1noc(C)c1-c1cc(-c2c(C)noc2C)c2nc(C3CC3)[nH]c2c1. The van der Waals surface area contributed by atoms with Crippen LogP contribution < -0.4 is 0 Å². The van der Waals surface area contributed by atoms with Gasteiger partial charge in [0.05, 0.1) is 22.4 Å². The van der Waals surface area contributed by atoms with Crippen LogP contribution in [-0.2, 0) is 6.42 Å². The minimum absolute atomic E-state index is 0.557. The quantitative estimate of drug-likeness (QED) is 0.537. The van der Waals surface area contributed by atoms with Crippen molar-refractivity contribution >= 4 is 11.0 Å². The highest BCUT2D eigenvalue weighted by Crippen LogP contribution is 2.42. The van der Waals surface area contributed by atoms with E-state index in [0.29, 0.717) is 5.92 Å². The first-order valence-corrected chi connectivity index (χ1v) is 9.49. The number of imidazole rings is 1. The lowest BCUT2D eigenvalue weighted by atomic mass is 9.95. The largest absolute Gasteiger partial charge is 0.361 e. The van der Waals surface area contributed by atoms with Crippen LogP contribution in [0.15, 0.2) is 21.2 Å². The zero-order valence-corrected chi connectivity index (χ0v) is 16.0. The molecule has 1 fully saturated rings. The van der Waals surface area contributed by atoms with Crippen LogP contribution in [-0.4, -0.2) is 20.3 Å². The molecular formula is C21H22N4O2. The van der Waals surface area contributed by atoms with Crippen molar-refractivity contribution in [1.82, 2.24) is 20.3 Å². The zero-order valence-electron chi connectivity index (χ0n) is 16.0. The number of hydrogen-bond donors (Lipinski definition) is 1. The van der Waals surface area contributed by atoms with E-state index in [1.165, 1.54) is 12.8 Å². The molecule has 3 aromatic heterocycles. The molecule has 0 bridgehead atoms. The normalized spacial score (nSPS) is 14.4. The lowest BCUT2D eigenvalue weighted by molar-refractivity contribution is 0.391. The molecule has 138 valence electrons. The smallest absolute Gasteiger partial charge is 0.141 e. The molecule has 0 spiro atoms. The van der Waals surface area contributed by atoms with Gasteiger partial charge in [0.1, 0.15) is 17.3 Å². The van der Waals surface area contributed by atoms with Crippen molar-refractivity contribution in [2.45, 2.75) is 52.9 Å². The molecule has 6 nitrogen and oxygen atoms in total. The summed E-state index contributed by atoms with van der Waals surface area (Å²) in [5, 5.41) is 8.38. The summed E-state index contributed by atoms with van der Waals surface area (Å²) < 4.78 is 10.9. The second kappa shape index (κ2) is 5.81. The molecular weight excluding hydrogens is 340 g/mol. The van der Waals surface area contributed by atoms with E-state index in [0.717, 1.165) is 68.4 Å². The number of fused-ring (bicyclic) bond motifs is 1. The second-order valence-electron chi connectivity index (χ2n) is 7.43. The van der Waals surface area contributed by atoms with Gasteiger partial charge in [-0.2, -0.15) is 0 Å². The average Bonchev–Trinajstić information content (AvgIpc) is 3.17. The molecule has 5 rings (SSSR count). The molecule has 0 atom stereocenters. The van der Waals surface area contributed by atoms with Crippen molar-refractivity contribution in [3.05, 3.63) is 40.9 Å². The van der Waals surface area contributed by atoms with E-state index in [1.54, 1.807) is 0 Å². The summed E-state index contributed by atoms with van der Waals surface area (Å²) >= 11 is 0. The molecule has 1 aliphatic rings. The number of nitrogens with one attached hydrogen (secondary N) is 1. The Labute approximate surface area is 157 Å². The Kier molecular flexibility index (Phi) is 3.50. The molecule has 0 unspecified atom stereocenters. The minimum atomic E-state index is 0.557. The van der Waals surface area contributed by atoms with Crippen molar-refractivity contribution < 1.29 is 9.05 Å². The summed E-state index contributed by atoms with van der Waals surface area (Å²) in [6.45, 7) is 7.98. The van der Waals surface area contributed by atoms with Crippen LogP contribution in [0.5, 0.6) is 0 Å². The number of aryl methyl sites for hydroxylation is 4. The van der Waals surface area contributed by atoms with E-state index in [9.17, 15) is 0 Å². The highest BCUT2D eigenvalue weighted by Gasteiger charge is 2.28. The molecule has 1 aromatic carbocycles. The predicted molar refractivity (Wildman–Crippen MR) is 103 cm³/mol. The van der Waals surface area contributed by atoms with E-state index < -0.39 is 0 Å². The van der Waals surface area contributed by atoms with E-state index in [2.05, 4.69) is 34.4 Å². The Morgan fingerprint density at radius 1 is 1.04 bits per heavy atom. The number of aromatic amines is 1. The van der Waals surface area contributed by atoms with Gasteiger partial charge in [-0.1, -0.05) is 17.2 Å². The lowest BCUT2D eigenvalue weighted by Gasteiger charge is -2.07. The molecule has 1 N–H and O–H groups in total. The van der Waals surface area contributed by atoms with Gasteiger partial charge in [0.15, 0.2) is 0 Å². The van der Waals surface area contributed by atoms with Crippen molar-refractivity contribution in [2.24, 2.45) is 0 Å². The van der Waals surface area contributed by atoms with E-state index in [1.807, 2.05) is 20.8 Å². The van der Waals surface area contributed by atoms with Gasteiger partial charge in [0.2, 0.25) is 0 Å². The number of rotatable bonds is 4. The topological polar surface area (TPSA) is 80.7 Å². The minimum Gasteiger partial charge on any atom is -0.361 e. The monoisotopic (exact) mass is 362 g/mol. The molecule has 27 heavy (non-hydrogen) atoms. The van der Waals surface area contributed by atoms with Gasteiger partial charge >= 0.3 is 0 Å². The standard InChI is InChI=1S/C21H22N4O2/c1-5-16-19(12(4)27-25-16)14-8-15(18-10(2)24-26-11(18)3)20-17(9-14)22-21(23-20)13-6-7-13/h8-9,13H,5-7H2,1-4H3,(H,22,23). The fraction of sp³-hybridized carbons (Fsp3) is 0.381. The van der Waals surface area contributed by atoms with Crippen LogP contribution in [0.1, 0.15) is 54.4 Å². The van der Waals surface area contributed by atoms with Crippen LogP contribution in [0.2, 0.25) is 0 Å². The van der Waals surface area contributed by atoms with Crippen LogP contribution in [0.3, 0.4) is 0 Å². The van der Waals surface area contributed by atoms with Gasteiger partial charge in [0, 0.05) is 22.6 Å². The van der Waals surface area contributed by atoms with Crippen molar-refractivity contribution in [2.75, 3.05) is 0 Å². The Morgan fingerprint density at radius 3 is 2.44 bits per heavy atom. The van der Waals surface area contributed by atoms with E-state index in [-0.39, 0.29) is 0 Å². The van der Waals surface area contributed by atoms with Gasteiger partial charge in [-0.05, 0) is 57.7 Å². The maximum absolute atomic E-state index is 5.48. The number of aromatic nitrogens is 4. The first-order valence-electron chi connectivity index (χ1n) is 9.49. The molecule has 4 aromatic rings. The van der Waals surface area contributed by atoms with Gasteiger partial charge in [-0.15, -0.1) is 0 Å². The maximum atomic E-state index is 5.48. The van der Waals surface area contributed by atoms with Crippen molar-refractivity contribution in [3.8, 4) is 22.3 Å². The van der Waals surface area contributed by atoms with Crippen LogP contribution in [0.25, 0.3) is 33.3 Å². The molecule has 0 aliphatic heterocycles. The third-order valence-corrected chi connectivity index (χ3v) is 5.43. The second-order valence-corrected chi connectivity index (χ2v) is 7.43. The van der Waals surface area contributed by atoms with Gasteiger partial charge < -0.3 is 14.0 Å². The molecule has 0 saturated heterocycles. The summed E-state index contributed by atoms with van der Waals surface area (Å²) in [6.07, 6.45) is 3.23. The fourth-order valence-corrected chi connectivity index (χ4v) is 3.92. The number of hydrogen-bond acceptors (Lipinski definition) is 5. The summed E-state index contributed by atoms with van der Waals surface area (Å²) in [4.78, 5) is 8.48. The van der Waals surface area contributed by atoms with Crippen molar-refractivity contribution in [3.63, 3.8) is 0 Å². The number of nitrogens with zero attached hydrogens (tertiary/aromatic N) is 3. The highest BCUT2D eigenvalue weighted by molar-refractivity contribution is 5.97. The number of benzene rings is 1. The molecule has 0 amide bonds. The maximum Gasteiger partial charge on any atom is 0.141 e. The summed E-state index contributed by atoms with van der Waals surface area (Å²) in [7, 11) is 0. The fourth-order valence-electron chi connectivity index (χ4n) is 3.92. The van der Waals surface area contributed by atoms with Crippen LogP contribution in [0, 0.1) is 20.8 Å². The molecule has 0 radical (unpaired) electrons. The Balaban J connectivity index is 1.82. The summed E-state index contributed by atoms with van der Waals surface area (Å²) in [5.41, 5.74) is 8.06. The molecule has 6 heteroatoms. The average molecular weight is 362 g/mol. The van der Waals surface area contributed by atoms with E-state index in [4.69, 9.17) is 14.0 Å². The predicted octanol–water partition coefficient (Wildman–Crippen LogP) is 5.24. The molecule has 1 saturated carbocycles. The Bertz CT molecular complexity index is 1140. The lowest BCUT2D eigenvalue weighted by Crippen LogP contribution is -1.90.